The van der Waals surface area contributed by atoms with Crippen molar-refractivity contribution in [1.29, 1.82) is 0 Å². The predicted molar refractivity (Wildman–Crippen MR) is 113 cm³/mol. The number of carbonyl (C=O) groups excluding carboxylic acids is 2. The SMILES string of the molecule is CN(C)S(=O)(=O)Nc1cc(CN2CC(=O)N(c3ccc(S(=O)(=O)C(F)(F)F)cc3)C2=O)ccn1. The zero-order valence-electron chi connectivity index (χ0n) is 17.6. The summed E-state index contributed by atoms with van der Waals surface area (Å²) in [6.45, 7) is -0.455. The van der Waals surface area contributed by atoms with Crippen LogP contribution in [0.25, 0.3) is 0 Å². The number of nitrogens with one attached hydrogen (secondary N) is 1. The van der Waals surface area contributed by atoms with Crippen LogP contribution in [-0.2, 0) is 31.4 Å². The number of rotatable bonds is 7. The maximum Gasteiger partial charge on any atom is 0.501 e. The summed E-state index contributed by atoms with van der Waals surface area (Å²) in [5, 5.41) is 0. The van der Waals surface area contributed by atoms with Crippen molar-refractivity contribution in [2.24, 2.45) is 0 Å². The van der Waals surface area contributed by atoms with Gasteiger partial charge in [0.15, 0.2) is 0 Å². The van der Waals surface area contributed by atoms with Crippen molar-refractivity contribution in [3.63, 3.8) is 0 Å². The highest BCUT2D eigenvalue weighted by Crippen LogP contribution is 2.32. The molecule has 1 aromatic heterocycles. The molecule has 1 aliphatic heterocycles. The minimum absolute atomic E-state index is 0.0116. The zero-order chi connectivity index (χ0) is 25.5. The van der Waals surface area contributed by atoms with Crippen LogP contribution in [0.5, 0.6) is 0 Å². The smallest absolute Gasteiger partial charge is 0.310 e. The van der Waals surface area contributed by atoms with Gasteiger partial charge in [0.25, 0.3) is 15.7 Å². The number of hydrogen-bond donors (Lipinski definition) is 1. The summed E-state index contributed by atoms with van der Waals surface area (Å²) in [6.07, 6.45) is 1.31. The van der Waals surface area contributed by atoms with Gasteiger partial charge >= 0.3 is 21.7 Å². The van der Waals surface area contributed by atoms with E-state index in [4.69, 9.17) is 0 Å². The molecule has 2 aromatic rings. The average Bonchev–Trinajstić information content (AvgIpc) is 3.00. The number of benzene rings is 1. The Labute approximate surface area is 192 Å². The highest BCUT2D eigenvalue weighted by atomic mass is 32.2. The Morgan fingerprint density at radius 2 is 1.68 bits per heavy atom. The normalized spacial score (nSPS) is 15.4. The van der Waals surface area contributed by atoms with E-state index in [-0.39, 0.29) is 24.6 Å². The van der Waals surface area contributed by atoms with E-state index in [0.717, 1.165) is 21.3 Å². The van der Waals surface area contributed by atoms with Crippen LogP contribution in [0.2, 0.25) is 0 Å². The fourth-order valence-electron chi connectivity index (χ4n) is 2.91. The van der Waals surface area contributed by atoms with Crippen LogP contribution in [0, 0.1) is 0 Å². The summed E-state index contributed by atoms with van der Waals surface area (Å²) in [7, 11) is -6.75. The summed E-state index contributed by atoms with van der Waals surface area (Å²) in [6, 6.07) is 5.27. The lowest BCUT2D eigenvalue weighted by Crippen LogP contribution is -2.33. The molecule has 0 atom stereocenters. The summed E-state index contributed by atoms with van der Waals surface area (Å²) >= 11 is 0. The molecule has 1 aromatic carbocycles. The zero-order valence-corrected chi connectivity index (χ0v) is 19.3. The number of carbonyl (C=O) groups is 2. The third kappa shape index (κ3) is 4.97. The molecule has 0 saturated carbocycles. The van der Waals surface area contributed by atoms with Gasteiger partial charge in [0, 0.05) is 26.8 Å². The first kappa shape index (κ1) is 25.4. The number of imide groups is 1. The molecule has 0 radical (unpaired) electrons. The first-order chi connectivity index (χ1) is 15.6. The van der Waals surface area contributed by atoms with E-state index in [1.807, 2.05) is 0 Å². The average molecular weight is 521 g/mol. The van der Waals surface area contributed by atoms with Crippen molar-refractivity contribution < 1.29 is 39.6 Å². The molecule has 1 fully saturated rings. The number of anilines is 2. The third-order valence-corrected chi connectivity index (χ3v) is 7.59. The van der Waals surface area contributed by atoms with E-state index >= 15 is 0 Å². The molecule has 1 saturated heterocycles. The van der Waals surface area contributed by atoms with E-state index in [9.17, 15) is 39.6 Å². The van der Waals surface area contributed by atoms with Crippen molar-refractivity contribution in [2.45, 2.75) is 16.9 Å². The molecule has 0 spiro atoms. The van der Waals surface area contributed by atoms with Crippen molar-refractivity contribution in [3.05, 3.63) is 48.2 Å². The number of pyridine rings is 1. The van der Waals surface area contributed by atoms with Gasteiger partial charge in [-0.2, -0.15) is 25.9 Å². The molecule has 2 heterocycles. The quantitative estimate of drug-likeness (QED) is 0.546. The molecule has 16 heteroatoms. The number of halogens is 3. The van der Waals surface area contributed by atoms with Crippen LogP contribution >= 0.6 is 0 Å². The second-order valence-corrected chi connectivity index (χ2v) is 11.1. The monoisotopic (exact) mass is 521 g/mol. The lowest BCUT2D eigenvalue weighted by atomic mass is 10.2. The molecule has 184 valence electrons. The molecule has 0 aliphatic carbocycles. The van der Waals surface area contributed by atoms with Crippen LogP contribution in [-0.4, -0.2) is 69.1 Å². The number of amides is 3. The largest absolute Gasteiger partial charge is 0.501 e. The van der Waals surface area contributed by atoms with Gasteiger partial charge in [0.05, 0.1) is 10.6 Å². The molecule has 1 N–H and O–H groups in total. The molecule has 3 rings (SSSR count). The predicted octanol–water partition coefficient (Wildman–Crippen LogP) is 1.56. The number of urea groups is 1. The van der Waals surface area contributed by atoms with Crippen molar-refractivity contribution in [2.75, 3.05) is 30.3 Å². The molecular formula is C18H18F3N5O6S2. The fourth-order valence-corrected chi connectivity index (χ4v) is 4.23. The highest BCUT2D eigenvalue weighted by molar-refractivity contribution is 7.92. The van der Waals surface area contributed by atoms with Gasteiger partial charge in [0.1, 0.15) is 12.4 Å². The first-order valence-electron chi connectivity index (χ1n) is 9.32. The topological polar surface area (TPSA) is 137 Å². The van der Waals surface area contributed by atoms with Crippen LogP contribution in [0.15, 0.2) is 47.5 Å². The maximum absolute atomic E-state index is 12.8. The minimum atomic E-state index is -5.57. The van der Waals surface area contributed by atoms with Gasteiger partial charge in [-0.05, 0) is 42.0 Å². The molecular weight excluding hydrogens is 503 g/mol. The number of nitrogens with zero attached hydrogens (tertiary/aromatic N) is 4. The van der Waals surface area contributed by atoms with Crippen molar-refractivity contribution in [3.8, 4) is 0 Å². The molecule has 0 unspecified atom stereocenters. The summed E-state index contributed by atoms with van der Waals surface area (Å²) < 4.78 is 88.2. The summed E-state index contributed by atoms with van der Waals surface area (Å²) in [5.74, 6) is -0.693. The Kier molecular flexibility index (Phi) is 6.60. The number of aromatic nitrogens is 1. The Balaban J connectivity index is 1.78. The molecule has 0 bridgehead atoms. The van der Waals surface area contributed by atoms with Crippen LogP contribution in [0.3, 0.4) is 0 Å². The van der Waals surface area contributed by atoms with E-state index in [1.165, 1.54) is 32.4 Å². The van der Waals surface area contributed by atoms with Crippen molar-refractivity contribution >= 4 is 43.5 Å². The first-order valence-corrected chi connectivity index (χ1v) is 12.2. The Morgan fingerprint density at radius 3 is 2.24 bits per heavy atom. The summed E-state index contributed by atoms with van der Waals surface area (Å²) in [5.41, 5.74) is -5.15. The molecule has 1 aliphatic rings. The van der Waals surface area contributed by atoms with Gasteiger partial charge < -0.3 is 4.90 Å². The molecule has 11 nitrogen and oxygen atoms in total. The highest BCUT2D eigenvalue weighted by Gasteiger charge is 2.47. The van der Waals surface area contributed by atoms with Gasteiger partial charge in [-0.1, -0.05) is 0 Å². The van der Waals surface area contributed by atoms with Crippen LogP contribution < -0.4 is 9.62 Å². The van der Waals surface area contributed by atoms with E-state index in [2.05, 4.69) is 9.71 Å². The number of sulfone groups is 1. The van der Waals surface area contributed by atoms with Crippen LogP contribution in [0.4, 0.5) is 29.5 Å². The van der Waals surface area contributed by atoms with Gasteiger partial charge in [0.2, 0.25) is 0 Å². The lowest BCUT2D eigenvalue weighted by molar-refractivity contribution is -0.116. The third-order valence-electron chi connectivity index (χ3n) is 4.66. The van der Waals surface area contributed by atoms with Gasteiger partial charge in [-0.15, -0.1) is 0 Å². The Hall–Kier alpha value is -3.24. The minimum Gasteiger partial charge on any atom is -0.310 e. The van der Waals surface area contributed by atoms with E-state index < -0.39 is 42.4 Å². The second kappa shape index (κ2) is 8.84. The number of hydrogen-bond acceptors (Lipinski definition) is 7. The van der Waals surface area contributed by atoms with Gasteiger partial charge in [-0.3, -0.25) is 9.52 Å². The van der Waals surface area contributed by atoms with Gasteiger partial charge in [-0.25, -0.2) is 23.1 Å². The second-order valence-electron chi connectivity index (χ2n) is 7.25. The molecule has 3 amide bonds. The standard InChI is InChI=1S/C18H18F3N5O6S2/c1-24(2)34(31,32)23-15-9-12(7-8-22-15)10-25-11-16(27)26(17(25)28)13-3-5-14(6-4-13)33(29,30)18(19,20)21/h3-9H,10-11H2,1-2H3,(H,22,23). The Bertz CT molecular complexity index is 1330. The molecule has 34 heavy (non-hydrogen) atoms. The van der Waals surface area contributed by atoms with E-state index in [0.29, 0.717) is 22.6 Å². The number of alkyl halides is 3. The fraction of sp³-hybridized carbons (Fsp3) is 0.278. The van der Waals surface area contributed by atoms with Crippen LogP contribution in [0.1, 0.15) is 5.56 Å². The van der Waals surface area contributed by atoms with Crippen molar-refractivity contribution in [1.82, 2.24) is 14.2 Å². The maximum atomic E-state index is 12.8. The summed E-state index contributed by atoms with van der Waals surface area (Å²) in [4.78, 5) is 29.9. The Morgan fingerprint density at radius 1 is 1.06 bits per heavy atom. The lowest BCUT2D eigenvalue weighted by Gasteiger charge is -2.18. The van der Waals surface area contributed by atoms with E-state index in [1.54, 1.807) is 0 Å².